The van der Waals surface area contributed by atoms with Gasteiger partial charge in [-0.1, -0.05) is 6.07 Å². The number of β-lactam (4-membered cyclic amide) rings is 1. The Hall–Kier alpha value is -5.02. The van der Waals surface area contributed by atoms with Gasteiger partial charge in [-0.25, -0.2) is 0 Å². The van der Waals surface area contributed by atoms with Crippen molar-refractivity contribution in [3.63, 3.8) is 0 Å². The minimum atomic E-state index is -3.45. The molecule has 6 aromatic rings. The second-order valence-corrected chi connectivity index (χ2v) is 25.7. The van der Waals surface area contributed by atoms with Gasteiger partial charge in [0.15, 0.2) is 0 Å². The van der Waals surface area contributed by atoms with Crippen molar-refractivity contribution in [2.24, 2.45) is 0 Å². The molecule has 0 saturated carbocycles. The third-order valence-electron chi connectivity index (χ3n) is 10.6. The first-order valence-corrected chi connectivity index (χ1v) is 24.8. The van der Waals surface area contributed by atoms with E-state index in [0.717, 1.165) is 38.2 Å². The van der Waals surface area contributed by atoms with Crippen LogP contribution in [-0.2, 0) is 25.5 Å². The predicted molar refractivity (Wildman–Crippen MR) is 237 cm³/mol. The molecule has 2 amide bonds. The van der Waals surface area contributed by atoms with E-state index in [1.807, 2.05) is 109 Å². The van der Waals surface area contributed by atoms with Gasteiger partial charge in [-0.3, -0.25) is 0 Å². The fourth-order valence-electron chi connectivity index (χ4n) is 7.84. The summed E-state index contributed by atoms with van der Waals surface area (Å²) in [6.07, 6.45) is -0.0656. The maximum atomic E-state index is 15.1. The molecule has 0 aromatic heterocycles. The molecule has 0 radical (unpaired) electrons. The number of rotatable bonds is 12. The molecule has 0 aliphatic carbocycles. The Labute approximate surface area is 344 Å². The molecule has 2 atom stereocenters. The standard InChI is InChI=1S/C47H40IN2O4PS/c48-55(38-25-13-4-14-26-38,39-27-15-5-16-28-39,40-29-17-6-18-30-40)32-37-33-56-46-42(49-41(51)31-34-19-7-1-8-20-34)45(52)50(46)43(37)47(53)54-44(35-21-9-2-10-22-35)36-23-11-3-12-24-36/h1-30,42,44,46H,31-33H2,(H,49,51)/t42?,46-/m1/s1. The Balaban J connectivity index is 1.26. The van der Waals surface area contributed by atoms with Gasteiger partial charge >= 0.3 is 341 Å². The SMILES string of the molecule is O=C(Cc1ccccc1)NC1C(=O)N2C(C(=O)OC(c3ccccc3)c3ccccc3)=C(CP(I)(c3ccccc3)(c3ccccc3)c3ccccc3)CS[C@H]12. The van der Waals surface area contributed by atoms with Crippen LogP contribution in [0.5, 0.6) is 0 Å². The van der Waals surface area contributed by atoms with E-state index in [9.17, 15) is 9.59 Å². The van der Waals surface area contributed by atoms with Crippen LogP contribution in [-0.4, -0.2) is 46.0 Å². The molecule has 1 saturated heterocycles. The molecule has 2 aliphatic heterocycles. The van der Waals surface area contributed by atoms with Crippen LogP contribution < -0.4 is 21.2 Å². The number of carbonyl (C=O) groups excluding carboxylic acids is 3. The zero-order valence-electron chi connectivity index (χ0n) is 30.5. The van der Waals surface area contributed by atoms with Gasteiger partial charge in [-0.05, 0) is 0 Å². The third-order valence-corrected chi connectivity index (χ3v) is 23.0. The molecule has 56 heavy (non-hydrogen) atoms. The van der Waals surface area contributed by atoms with Gasteiger partial charge in [0.1, 0.15) is 0 Å². The van der Waals surface area contributed by atoms with Crippen molar-refractivity contribution in [2.45, 2.75) is 23.9 Å². The number of fused-ring (bicyclic) bond motifs is 1. The van der Waals surface area contributed by atoms with Crippen LogP contribution in [0.25, 0.3) is 0 Å². The van der Waals surface area contributed by atoms with Crippen molar-refractivity contribution < 1.29 is 19.1 Å². The number of esters is 1. The molecule has 1 N–H and O–H groups in total. The average Bonchev–Trinajstić information content (AvgIpc) is 3.26. The molecule has 1 unspecified atom stereocenters. The van der Waals surface area contributed by atoms with E-state index in [2.05, 4.69) is 100 Å². The molecule has 2 aliphatic rings. The van der Waals surface area contributed by atoms with E-state index in [0.29, 0.717) is 11.9 Å². The number of thioether (sulfide) groups is 1. The first kappa shape index (κ1) is 37.9. The molecule has 9 heteroatoms. The number of hydrogen-bond donors (Lipinski definition) is 1. The summed E-state index contributed by atoms with van der Waals surface area (Å²) in [5, 5.41) is 6.02. The summed E-state index contributed by atoms with van der Waals surface area (Å²) >= 11 is 4.31. The van der Waals surface area contributed by atoms with Crippen LogP contribution >= 0.6 is 38.0 Å². The van der Waals surface area contributed by atoms with Crippen molar-refractivity contribution >= 4 is 71.7 Å². The maximum absolute atomic E-state index is 15.1. The van der Waals surface area contributed by atoms with Gasteiger partial charge in [-0.2, -0.15) is 0 Å². The molecule has 2 heterocycles. The van der Waals surface area contributed by atoms with Crippen LogP contribution in [0.15, 0.2) is 193 Å². The zero-order chi connectivity index (χ0) is 38.6. The van der Waals surface area contributed by atoms with Crippen molar-refractivity contribution in [1.29, 1.82) is 0 Å². The Morgan fingerprint density at radius 3 is 1.57 bits per heavy atom. The summed E-state index contributed by atoms with van der Waals surface area (Å²) in [6, 6.07) is 59.7. The topological polar surface area (TPSA) is 75.7 Å². The number of halogens is 1. The van der Waals surface area contributed by atoms with Crippen molar-refractivity contribution in [2.75, 3.05) is 11.9 Å². The number of ether oxygens (including phenoxy) is 1. The number of benzene rings is 6. The van der Waals surface area contributed by atoms with Crippen LogP contribution in [0.4, 0.5) is 0 Å². The van der Waals surface area contributed by atoms with Crippen molar-refractivity contribution in [1.82, 2.24) is 10.2 Å². The second kappa shape index (κ2) is 16.2. The number of amides is 2. The molecule has 6 aromatic carbocycles. The minimum absolute atomic E-state index is 0.155. The Morgan fingerprint density at radius 2 is 1.11 bits per heavy atom. The molecular formula is C47H40IN2O4PS. The first-order valence-electron chi connectivity index (χ1n) is 18.6. The van der Waals surface area contributed by atoms with E-state index in [4.69, 9.17) is 4.74 Å². The summed E-state index contributed by atoms with van der Waals surface area (Å²) in [4.78, 5) is 44.4. The van der Waals surface area contributed by atoms with E-state index in [-0.39, 0.29) is 23.9 Å². The quantitative estimate of drug-likeness (QED) is 0.0583. The summed E-state index contributed by atoms with van der Waals surface area (Å²) < 4.78 is 3.12. The fourth-order valence-corrected chi connectivity index (χ4v) is 18.3. The van der Waals surface area contributed by atoms with Gasteiger partial charge in [0.2, 0.25) is 0 Å². The van der Waals surface area contributed by atoms with Gasteiger partial charge in [0.25, 0.3) is 0 Å². The monoisotopic (exact) mass is 886 g/mol. The molecule has 0 bridgehead atoms. The number of hydrogen-bond acceptors (Lipinski definition) is 5. The fraction of sp³-hybridized carbons (Fsp3) is 0.128. The molecule has 6 nitrogen and oxygen atoms in total. The summed E-state index contributed by atoms with van der Waals surface area (Å²) in [5.74, 6) is -0.659. The third kappa shape index (κ3) is 7.10. The zero-order valence-corrected chi connectivity index (χ0v) is 34.4. The molecule has 0 spiro atoms. The number of nitrogens with zero attached hydrogens (tertiary/aromatic N) is 1. The van der Waals surface area contributed by atoms with E-state index in [1.165, 1.54) is 0 Å². The van der Waals surface area contributed by atoms with Gasteiger partial charge in [0, 0.05) is 0 Å². The Morgan fingerprint density at radius 1 is 0.679 bits per heavy atom. The molecular weight excluding hydrogens is 846 g/mol. The second-order valence-electron chi connectivity index (χ2n) is 14.0. The van der Waals surface area contributed by atoms with Gasteiger partial charge in [-0.15, -0.1) is 0 Å². The first-order chi connectivity index (χ1) is 27.3. The van der Waals surface area contributed by atoms with Crippen LogP contribution in [0.2, 0.25) is 0 Å². The van der Waals surface area contributed by atoms with Gasteiger partial charge in [0.05, 0.1) is 0 Å². The van der Waals surface area contributed by atoms with Gasteiger partial charge < -0.3 is 0 Å². The molecule has 8 rings (SSSR count). The van der Waals surface area contributed by atoms with Crippen molar-refractivity contribution in [3.05, 3.63) is 210 Å². The van der Waals surface area contributed by atoms with E-state index in [1.54, 1.807) is 16.7 Å². The number of carbonyl (C=O) groups is 3. The Bertz CT molecular complexity index is 2230. The summed E-state index contributed by atoms with van der Waals surface area (Å²) in [6.45, 7) is 0. The molecule has 1 fully saturated rings. The summed E-state index contributed by atoms with van der Waals surface area (Å²) in [7, 11) is 0. The van der Waals surface area contributed by atoms with Crippen LogP contribution in [0.3, 0.4) is 0 Å². The molecule has 280 valence electrons. The average molecular weight is 887 g/mol. The van der Waals surface area contributed by atoms with Crippen LogP contribution in [0, 0.1) is 0 Å². The number of nitrogens with one attached hydrogen (secondary N) is 1. The Kier molecular flexibility index (Phi) is 11.0. The van der Waals surface area contributed by atoms with Crippen molar-refractivity contribution in [3.8, 4) is 0 Å². The normalized spacial score (nSPS) is 17.3. The van der Waals surface area contributed by atoms with Crippen LogP contribution in [0.1, 0.15) is 22.8 Å². The van der Waals surface area contributed by atoms with E-state index >= 15 is 4.79 Å². The summed E-state index contributed by atoms with van der Waals surface area (Å²) in [5.41, 5.74) is 3.60. The predicted octanol–water partition coefficient (Wildman–Crippen LogP) is 8.10. The van der Waals surface area contributed by atoms with E-state index < -0.39 is 27.7 Å².